The first-order chi connectivity index (χ1) is 10.0. The van der Waals surface area contributed by atoms with Crippen molar-refractivity contribution < 1.29 is 14.3 Å². The van der Waals surface area contributed by atoms with Gasteiger partial charge in [-0.2, -0.15) is 0 Å². The summed E-state index contributed by atoms with van der Waals surface area (Å²) in [5, 5.41) is 9.35. The lowest BCUT2D eigenvalue weighted by molar-refractivity contribution is -0.137. The molecule has 6 heteroatoms. The van der Waals surface area contributed by atoms with Crippen LogP contribution in [-0.4, -0.2) is 15.6 Å². The number of rotatable bonds is 2. The second-order valence-electron chi connectivity index (χ2n) is 4.58. The minimum Gasteiger partial charge on any atom is -0.480 e. The Bertz CT molecular complexity index is 949. The van der Waals surface area contributed by atoms with Crippen molar-refractivity contribution in [3.05, 3.63) is 57.5 Å². The van der Waals surface area contributed by atoms with Crippen LogP contribution in [0, 0.1) is 5.82 Å². The number of benzene rings is 2. The Morgan fingerprint density at radius 1 is 1.19 bits per heavy atom. The van der Waals surface area contributed by atoms with Crippen molar-refractivity contribution in [2.75, 3.05) is 0 Å². The molecule has 3 aromatic rings. The van der Waals surface area contributed by atoms with Gasteiger partial charge in [0.05, 0.1) is 16.1 Å². The number of hydrogen-bond acceptors (Lipinski definition) is 2. The highest BCUT2D eigenvalue weighted by molar-refractivity contribution is 6.31. The van der Waals surface area contributed by atoms with Crippen LogP contribution >= 0.6 is 11.6 Å². The van der Waals surface area contributed by atoms with E-state index in [2.05, 4.69) is 0 Å². The number of pyridine rings is 1. The Morgan fingerprint density at radius 3 is 2.62 bits per heavy atom. The van der Waals surface area contributed by atoms with Crippen LogP contribution in [0.25, 0.3) is 21.8 Å². The largest absolute Gasteiger partial charge is 0.480 e. The van der Waals surface area contributed by atoms with Gasteiger partial charge in [-0.15, -0.1) is 0 Å². The first-order valence-electron chi connectivity index (χ1n) is 6.11. The number of carboxylic acids is 1. The van der Waals surface area contributed by atoms with Gasteiger partial charge in [0.15, 0.2) is 11.2 Å². The molecule has 106 valence electrons. The minimum absolute atomic E-state index is 0.0893. The van der Waals surface area contributed by atoms with Gasteiger partial charge in [-0.05, 0) is 24.3 Å². The fourth-order valence-corrected chi connectivity index (χ4v) is 2.61. The molecule has 0 fully saturated rings. The molecule has 0 spiro atoms. The van der Waals surface area contributed by atoms with E-state index in [1.165, 1.54) is 16.7 Å². The quantitative estimate of drug-likeness (QED) is 0.740. The third kappa shape index (κ3) is 2.06. The van der Waals surface area contributed by atoms with Gasteiger partial charge >= 0.3 is 5.97 Å². The van der Waals surface area contributed by atoms with Gasteiger partial charge in [0.2, 0.25) is 0 Å². The number of halogens is 2. The van der Waals surface area contributed by atoms with Crippen molar-refractivity contribution in [2.24, 2.45) is 0 Å². The maximum atomic E-state index is 14.3. The molecular formula is C15H9ClFNO3. The van der Waals surface area contributed by atoms with Crippen LogP contribution in [0.5, 0.6) is 0 Å². The van der Waals surface area contributed by atoms with Crippen molar-refractivity contribution in [3.63, 3.8) is 0 Å². The zero-order valence-electron chi connectivity index (χ0n) is 10.6. The molecule has 3 rings (SSSR count). The minimum atomic E-state index is -1.13. The third-order valence-corrected chi connectivity index (χ3v) is 3.61. The Hall–Kier alpha value is -2.40. The van der Waals surface area contributed by atoms with Crippen LogP contribution in [0.1, 0.15) is 0 Å². The molecule has 0 unspecified atom stereocenters. The van der Waals surface area contributed by atoms with Crippen LogP contribution in [-0.2, 0) is 11.3 Å². The third-order valence-electron chi connectivity index (χ3n) is 3.32. The van der Waals surface area contributed by atoms with Gasteiger partial charge < -0.3 is 9.67 Å². The van der Waals surface area contributed by atoms with Crippen LogP contribution in [0.4, 0.5) is 4.39 Å². The van der Waals surface area contributed by atoms with Crippen LogP contribution in [0.2, 0.25) is 5.02 Å². The summed E-state index contributed by atoms with van der Waals surface area (Å²) >= 11 is 5.76. The van der Waals surface area contributed by atoms with Crippen molar-refractivity contribution >= 4 is 39.4 Å². The second kappa shape index (κ2) is 4.86. The van der Waals surface area contributed by atoms with E-state index in [9.17, 15) is 14.0 Å². The predicted octanol–water partition coefficient (Wildman–Crippen LogP) is 3.03. The first-order valence-corrected chi connectivity index (χ1v) is 6.49. The fraction of sp³-hybridized carbons (Fsp3) is 0.0667. The Kier molecular flexibility index (Phi) is 3.14. The van der Waals surface area contributed by atoms with Gasteiger partial charge in [-0.3, -0.25) is 9.59 Å². The number of carboxylic acid groups (broad SMARTS) is 1. The van der Waals surface area contributed by atoms with Crippen molar-refractivity contribution in [1.29, 1.82) is 0 Å². The lowest BCUT2D eigenvalue weighted by Crippen LogP contribution is -2.17. The summed E-state index contributed by atoms with van der Waals surface area (Å²) in [5.74, 6) is -1.93. The number of aromatic nitrogens is 1. The van der Waals surface area contributed by atoms with E-state index in [1.807, 2.05) is 0 Å². The molecule has 0 atom stereocenters. The summed E-state index contributed by atoms with van der Waals surface area (Å²) < 4.78 is 15.6. The zero-order valence-corrected chi connectivity index (χ0v) is 11.4. The molecule has 21 heavy (non-hydrogen) atoms. The second-order valence-corrected chi connectivity index (χ2v) is 4.99. The lowest BCUT2D eigenvalue weighted by atomic mass is 10.1. The molecule has 0 aliphatic heterocycles. The summed E-state index contributed by atoms with van der Waals surface area (Å²) in [6.45, 7) is -0.464. The first kappa shape index (κ1) is 13.6. The number of fused-ring (bicyclic) bond motifs is 2. The highest BCUT2D eigenvalue weighted by atomic mass is 35.5. The van der Waals surface area contributed by atoms with E-state index in [-0.39, 0.29) is 21.4 Å². The highest BCUT2D eigenvalue weighted by Gasteiger charge is 2.17. The molecule has 0 radical (unpaired) electrons. The number of aliphatic carboxylic acids is 1. The summed E-state index contributed by atoms with van der Waals surface area (Å²) in [5.41, 5.74) is -0.0787. The molecule has 0 aliphatic rings. The normalized spacial score (nSPS) is 11.1. The Balaban J connectivity index is 2.63. The number of para-hydroxylation sites is 1. The maximum absolute atomic E-state index is 14.3. The van der Waals surface area contributed by atoms with E-state index >= 15 is 0 Å². The molecule has 1 heterocycles. The van der Waals surface area contributed by atoms with E-state index < -0.39 is 18.3 Å². The molecule has 0 saturated carbocycles. The molecular weight excluding hydrogens is 297 g/mol. The molecule has 1 aromatic heterocycles. The van der Waals surface area contributed by atoms with E-state index in [1.54, 1.807) is 24.3 Å². The van der Waals surface area contributed by atoms with E-state index in [0.717, 1.165) is 0 Å². The van der Waals surface area contributed by atoms with E-state index in [0.29, 0.717) is 10.9 Å². The summed E-state index contributed by atoms with van der Waals surface area (Å²) in [6.07, 6.45) is 0. The smallest absolute Gasteiger partial charge is 0.323 e. The summed E-state index contributed by atoms with van der Waals surface area (Å²) in [7, 11) is 0. The predicted molar refractivity (Wildman–Crippen MR) is 78.3 cm³/mol. The maximum Gasteiger partial charge on any atom is 0.323 e. The number of nitrogens with zero attached hydrogens (tertiary/aromatic N) is 1. The molecule has 0 aliphatic carbocycles. The lowest BCUT2D eigenvalue weighted by Gasteiger charge is -2.14. The standard InChI is InChI=1S/C15H9ClFNO3/c16-10-6-5-9-14(13(10)17)18(7-12(19)20)11-4-2-1-3-8(11)15(9)21/h1-6H,7H2,(H,19,20). The topological polar surface area (TPSA) is 59.3 Å². The van der Waals surface area contributed by atoms with Crippen LogP contribution in [0.3, 0.4) is 0 Å². The fourth-order valence-electron chi connectivity index (χ4n) is 2.45. The highest BCUT2D eigenvalue weighted by Crippen LogP contribution is 2.26. The molecule has 4 nitrogen and oxygen atoms in total. The summed E-state index contributed by atoms with van der Waals surface area (Å²) in [4.78, 5) is 23.5. The molecule has 0 amide bonds. The molecule has 2 aromatic carbocycles. The molecule has 0 saturated heterocycles. The monoisotopic (exact) mass is 305 g/mol. The Labute approximate surface area is 123 Å². The van der Waals surface area contributed by atoms with Crippen molar-refractivity contribution in [2.45, 2.75) is 6.54 Å². The number of carbonyl (C=O) groups is 1. The Morgan fingerprint density at radius 2 is 1.90 bits per heavy atom. The molecule has 0 bridgehead atoms. The number of hydrogen-bond donors (Lipinski definition) is 1. The van der Waals surface area contributed by atoms with Crippen LogP contribution in [0.15, 0.2) is 41.2 Å². The molecule has 1 N–H and O–H groups in total. The van der Waals surface area contributed by atoms with Gasteiger partial charge in [0.25, 0.3) is 0 Å². The van der Waals surface area contributed by atoms with Gasteiger partial charge in [-0.25, -0.2) is 4.39 Å². The van der Waals surface area contributed by atoms with Gasteiger partial charge in [0.1, 0.15) is 6.54 Å². The summed E-state index contributed by atoms with van der Waals surface area (Å²) in [6, 6.07) is 9.21. The SMILES string of the molecule is O=C(O)Cn1c2ccccc2c(=O)c2ccc(Cl)c(F)c21. The van der Waals surface area contributed by atoms with Gasteiger partial charge in [0, 0.05) is 10.8 Å². The van der Waals surface area contributed by atoms with Crippen molar-refractivity contribution in [1.82, 2.24) is 4.57 Å². The van der Waals surface area contributed by atoms with Gasteiger partial charge in [-0.1, -0.05) is 23.7 Å². The van der Waals surface area contributed by atoms with E-state index in [4.69, 9.17) is 16.7 Å². The van der Waals surface area contributed by atoms with Crippen molar-refractivity contribution in [3.8, 4) is 0 Å². The average Bonchev–Trinajstić information content (AvgIpc) is 2.46. The zero-order chi connectivity index (χ0) is 15.1. The average molecular weight is 306 g/mol. The van der Waals surface area contributed by atoms with Crippen LogP contribution < -0.4 is 5.43 Å².